The summed E-state index contributed by atoms with van der Waals surface area (Å²) in [5.41, 5.74) is 2.30. The summed E-state index contributed by atoms with van der Waals surface area (Å²) in [4.78, 5) is 44.5. The summed E-state index contributed by atoms with van der Waals surface area (Å²) < 4.78 is 29.0. The monoisotopic (exact) mass is 579 g/mol. The van der Waals surface area contributed by atoms with E-state index in [1.54, 1.807) is 56.4 Å². The van der Waals surface area contributed by atoms with Crippen molar-refractivity contribution in [3.8, 4) is 11.5 Å². The van der Waals surface area contributed by atoms with Crippen LogP contribution in [0.15, 0.2) is 71.7 Å². The number of aliphatic imine (C=N–C) groups is 1. The van der Waals surface area contributed by atoms with Gasteiger partial charge >= 0.3 is 5.97 Å². The van der Waals surface area contributed by atoms with E-state index in [0.717, 1.165) is 5.56 Å². The Labute approximate surface area is 241 Å². The highest BCUT2D eigenvalue weighted by Crippen LogP contribution is 2.33. The average molecular weight is 580 g/mol. The number of hydrogen-bond donors (Lipinski definition) is 1. The van der Waals surface area contributed by atoms with Gasteiger partial charge in [0.15, 0.2) is 16.7 Å². The van der Waals surface area contributed by atoms with Gasteiger partial charge in [-0.05, 0) is 79.6 Å². The van der Waals surface area contributed by atoms with E-state index in [2.05, 4.69) is 10.3 Å². The van der Waals surface area contributed by atoms with Gasteiger partial charge in [-0.1, -0.05) is 17.8 Å². The van der Waals surface area contributed by atoms with Crippen molar-refractivity contribution in [1.82, 2.24) is 4.90 Å². The number of hydrogen-bond acceptors (Lipinski definition) is 8. The highest BCUT2D eigenvalue weighted by atomic mass is 32.2. The lowest BCUT2D eigenvalue weighted by Gasteiger charge is -2.17. The maximum Gasteiger partial charge on any atom is 0.338 e. The summed E-state index contributed by atoms with van der Waals surface area (Å²) in [6, 6.07) is 17.5. The molecule has 11 heteroatoms. The molecule has 2 amide bonds. The lowest BCUT2D eigenvalue weighted by molar-refractivity contribution is -0.128. The predicted molar refractivity (Wildman–Crippen MR) is 155 cm³/mol. The number of benzene rings is 3. The van der Waals surface area contributed by atoms with Crippen LogP contribution in [-0.2, 0) is 20.7 Å². The molecule has 1 saturated heterocycles. The Hall–Kier alpha value is -4.38. The van der Waals surface area contributed by atoms with Crippen molar-refractivity contribution >= 4 is 46.1 Å². The molecular formula is C30H30FN3O6S. The van der Waals surface area contributed by atoms with E-state index >= 15 is 0 Å². The van der Waals surface area contributed by atoms with E-state index in [-0.39, 0.29) is 24.8 Å². The molecule has 214 valence electrons. The van der Waals surface area contributed by atoms with E-state index in [4.69, 9.17) is 14.2 Å². The van der Waals surface area contributed by atoms with Gasteiger partial charge in [0, 0.05) is 18.7 Å². The van der Waals surface area contributed by atoms with Crippen LogP contribution >= 0.6 is 11.8 Å². The molecule has 3 aromatic carbocycles. The van der Waals surface area contributed by atoms with E-state index in [0.29, 0.717) is 46.6 Å². The number of amidine groups is 1. The van der Waals surface area contributed by atoms with Crippen LogP contribution in [0.1, 0.15) is 29.3 Å². The Morgan fingerprint density at radius 2 is 1.71 bits per heavy atom. The molecule has 3 aromatic rings. The summed E-state index contributed by atoms with van der Waals surface area (Å²) in [5, 5.41) is 2.45. The van der Waals surface area contributed by atoms with Crippen molar-refractivity contribution in [2.24, 2.45) is 4.99 Å². The summed E-state index contributed by atoms with van der Waals surface area (Å²) >= 11 is 1.20. The summed E-state index contributed by atoms with van der Waals surface area (Å²) in [7, 11) is 3.12. The van der Waals surface area contributed by atoms with E-state index in [9.17, 15) is 18.8 Å². The van der Waals surface area contributed by atoms with E-state index < -0.39 is 17.0 Å². The minimum absolute atomic E-state index is 0.0887. The average Bonchev–Trinajstić information content (AvgIpc) is 3.26. The molecule has 1 aliphatic rings. The summed E-state index contributed by atoms with van der Waals surface area (Å²) in [5.74, 6) is -0.275. The molecule has 1 atom stereocenters. The second-order valence-corrected chi connectivity index (χ2v) is 10.1. The number of nitrogens with zero attached hydrogens (tertiary/aromatic N) is 2. The Balaban J connectivity index is 1.53. The van der Waals surface area contributed by atoms with Gasteiger partial charge in [0.25, 0.3) is 0 Å². The number of amides is 2. The van der Waals surface area contributed by atoms with Gasteiger partial charge in [0.2, 0.25) is 11.8 Å². The lowest BCUT2D eigenvalue weighted by Crippen LogP contribution is -2.35. The number of methoxy groups -OCH3 is 2. The summed E-state index contributed by atoms with van der Waals surface area (Å²) in [6.45, 7) is 2.32. The molecule has 1 aliphatic heterocycles. The number of esters is 1. The Bertz CT molecular complexity index is 1430. The molecule has 0 saturated carbocycles. The third-order valence-corrected chi connectivity index (χ3v) is 7.37. The molecule has 41 heavy (non-hydrogen) atoms. The number of nitrogens with one attached hydrogen (secondary N) is 1. The first-order valence-electron chi connectivity index (χ1n) is 12.9. The fourth-order valence-electron chi connectivity index (χ4n) is 4.12. The highest BCUT2D eigenvalue weighted by Gasteiger charge is 2.39. The van der Waals surface area contributed by atoms with Crippen LogP contribution < -0.4 is 14.8 Å². The van der Waals surface area contributed by atoms with Crippen LogP contribution in [-0.4, -0.2) is 60.5 Å². The lowest BCUT2D eigenvalue weighted by atomic mass is 10.1. The van der Waals surface area contributed by atoms with Crippen molar-refractivity contribution < 1.29 is 33.0 Å². The summed E-state index contributed by atoms with van der Waals surface area (Å²) in [6.07, 6.45) is 0.413. The normalized spacial score (nSPS) is 15.6. The highest BCUT2D eigenvalue weighted by molar-refractivity contribution is 8.15. The standard InChI is InChI=1S/C30H30FN3O6S/c1-4-40-29(37)20-6-10-23(11-7-20)33-30-34(16-15-19-5-14-24(38-2)25(17-19)39-3)28(36)26(41-30)18-27(35)32-22-12-8-21(31)9-13-22/h5-14,17,26H,4,15-16,18H2,1-3H3,(H,32,35). The molecule has 0 aromatic heterocycles. The van der Waals surface area contributed by atoms with Crippen LogP contribution in [0, 0.1) is 5.82 Å². The maximum atomic E-state index is 13.5. The number of ether oxygens (including phenoxy) is 3. The van der Waals surface area contributed by atoms with Crippen molar-refractivity contribution in [2.45, 2.75) is 25.0 Å². The Morgan fingerprint density at radius 3 is 2.37 bits per heavy atom. The number of carbonyl (C=O) groups excluding carboxylic acids is 3. The van der Waals surface area contributed by atoms with E-state index in [1.807, 2.05) is 12.1 Å². The second kappa shape index (κ2) is 13.8. The second-order valence-electron chi connectivity index (χ2n) is 8.96. The molecule has 0 spiro atoms. The van der Waals surface area contributed by atoms with Crippen LogP contribution in [0.2, 0.25) is 0 Å². The molecule has 1 unspecified atom stereocenters. The minimum Gasteiger partial charge on any atom is -0.493 e. The van der Waals surface area contributed by atoms with Gasteiger partial charge in [-0.3, -0.25) is 14.5 Å². The molecule has 1 N–H and O–H groups in total. The van der Waals surface area contributed by atoms with Gasteiger partial charge in [-0.15, -0.1) is 0 Å². The van der Waals surface area contributed by atoms with Gasteiger partial charge in [0.05, 0.1) is 32.1 Å². The quantitative estimate of drug-likeness (QED) is 0.310. The Morgan fingerprint density at radius 1 is 1.00 bits per heavy atom. The molecule has 4 rings (SSSR count). The molecule has 0 radical (unpaired) electrons. The zero-order valence-corrected chi connectivity index (χ0v) is 23.7. The molecule has 0 aliphatic carbocycles. The van der Waals surface area contributed by atoms with Crippen LogP contribution in [0.4, 0.5) is 15.8 Å². The smallest absolute Gasteiger partial charge is 0.338 e. The van der Waals surface area contributed by atoms with Crippen molar-refractivity contribution in [2.75, 3.05) is 32.7 Å². The molecule has 9 nitrogen and oxygen atoms in total. The van der Waals surface area contributed by atoms with Crippen LogP contribution in [0.3, 0.4) is 0 Å². The predicted octanol–water partition coefficient (Wildman–Crippen LogP) is 5.22. The molecule has 1 fully saturated rings. The number of rotatable bonds is 11. The third-order valence-electron chi connectivity index (χ3n) is 6.19. The first kappa shape index (κ1) is 29.6. The first-order chi connectivity index (χ1) is 19.8. The molecular weight excluding hydrogens is 549 g/mol. The molecule has 0 bridgehead atoms. The van der Waals surface area contributed by atoms with Gasteiger partial charge in [0.1, 0.15) is 11.1 Å². The Kier molecular flexibility index (Phi) is 9.96. The van der Waals surface area contributed by atoms with Gasteiger partial charge in [-0.2, -0.15) is 0 Å². The van der Waals surface area contributed by atoms with Crippen molar-refractivity contribution in [1.29, 1.82) is 0 Å². The van der Waals surface area contributed by atoms with Gasteiger partial charge < -0.3 is 19.5 Å². The van der Waals surface area contributed by atoms with E-state index in [1.165, 1.54) is 36.0 Å². The molecule has 1 heterocycles. The number of thioether (sulfide) groups is 1. The zero-order chi connectivity index (χ0) is 29.4. The van der Waals surface area contributed by atoms with Crippen LogP contribution in [0.25, 0.3) is 0 Å². The largest absolute Gasteiger partial charge is 0.493 e. The maximum absolute atomic E-state index is 13.5. The third kappa shape index (κ3) is 7.63. The minimum atomic E-state index is -0.696. The van der Waals surface area contributed by atoms with Crippen molar-refractivity contribution in [3.05, 3.63) is 83.7 Å². The SMILES string of the molecule is CCOC(=O)c1ccc(N=C2SC(CC(=O)Nc3ccc(F)cc3)C(=O)N2CCc2ccc(OC)c(OC)c2)cc1. The van der Waals surface area contributed by atoms with Crippen molar-refractivity contribution in [3.63, 3.8) is 0 Å². The number of anilines is 1. The van der Waals surface area contributed by atoms with Crippen LogP contribution in [0.5, 0.6) is 11.5 Å². The fourth-order valence-corrected chi connectivity index (χ4v) is 5.30. The zero-order valence-electron chi connectivity index (χ0n) is 22.9. The topological polar surface area (TPSA) is 107 Å². The number of carbonyl (C=O) groups is 3. The van der Waals surface area contributed by atoms with Gasteiger partial charge in [-0.25, -0.2) is 14.2 Å². The number of halogens is 1. The first-order valence-corrected chi connectivity index (χ1v) is 13.8. The fraction of sp³-hybridized carbons (Fsp3) is 0.267.